The third-order valence-electron chi connectivity index (χ3n) is 5.04. The number of aliphatic imine (C=N–C) groups is 1. The number of benzene rings is 2. The standard InChI is InChI=1S/C21H22ClN7O3S/c1-2-18(29-26-20(25-28-29)14-8-10-15(22)11-9-14)21(30)24-16-5-3-6-17(13-16)33(31,32)27-19-7-4-12-23-19/h3,5-6,8-11,13,18H,2,4,7,12H2,1H3,(H,23,27)(H,24,30)/t18-/m1/s1. The Morgan fingerprint density at radius 1 is 1.21 bits per heavy atom. The maximum Gasteiger partial charge on any atom is 0.262 e. The van der Waals surface area contributed by atoms with Crippen LogP contribution in [0.4, 0.5) is 5.69 Å². The highest BCUT2D eigenvalue weighted by Gasteiger charge is 2.23. The monoisotopic (exact) mass is 487 g/mol. The van der Waals surface area contributed by atoms with E-state index in [0.29, 0.717) is 41.8 Å². The van der Waals surface area contributed by atoms with Gasteiger partial charge >= 0.3 is 0 Å². The number of sulfonamides is 1. The highest BCUT2D eigenvalue weighted by Crippen LogP contribution is 2.21. The van der Waals surface area contributed by atoms with Crippen molar-refractivity contribution in [3.05, 3.63) is 53.6 Å². The van der Waals surface area contributed by atoms with Crippen LogP contribution in [-0.2, 0) is 14.8 Å². The van der Waals surface area contributed by atoms with E-state index in [0.717, 1.165) is 12.0 Å². The normalized spacial score (nSPS) is 14.5. The van der Waals surface area contributed by atoms with Gasteiger partial charge < -0.3 is 5.32 Å². The van der Waals surface area contributed by atoms with Crippen molar-refractivity contribution in [2.45, 2.75) is 37.1 Å². The number of hydrogen-bond donors (Lipinski definition) is 2. The Morgan fingerprint density at radius 2 is 2.00 bits per heavy atom. The fourth-order valence-corrected chi connectivity index (χ4v) is 4.59. The summed E-state index contributed by atoms with van der Waals surface area (Å²) in [4.78, 5) is 18.4. The number of hydrogen-bond acceptors (Lipinski definition) is 7. The molecular weight excluding hydrogens is 466 g/mol. The van der Waals surface area contributed by atoms with E-state index in [2.05, 4.69) is 30.4 Å². The SMILES string of the molecule is CC[C@H](C(=O)Nc1cccc(S(=O)(=O)NC2=NCCC2)c1)n1nnc(-c2ccc(Cl)cc2)n1. The molecule has 0 aliphatic carbocycles. The van der Waals surface area contributed by atoms with Crippen molar-refractivity contribution in [3.8, 4) is 11.4 Å². The second kappa shape index (κ2) is 9.67. The Kier molecular flexibility index (Phi) is 6.70. The number of anilines is 1. The van der Waals surface area contributed by atoms with Crippen LogP contribution in [0.5, 0.6) is 0 Å². The number of rotatable bonds is 7. The smallest absolute Gasteiger partial charge is 0.262 e. The van der Waals surface area contributed by atoms with Gasteiger partial charge in [0.05, 0.1) is 4.90 Å². The van der Waals surface area contributed by atoms with Crippen LogP contribution >= 0.6 is 11.6 Å². The molecule has 1 aliphatic heterocycles. The molecule has 12 heteroatoms. The fraction of sp³-hybridized carbons (Fsp3) is 0.286. The number of nitrogens with zero attached hydrogens (tertiary/aromatic N) is 5. The number of halogens is 1. The minimum absolute atomic E-state index is 0.0341. The number of amidine groups is 1. The molecule has 33 heavy (non-hydrogen) atoms. The van der Waals surface area contributed by atoms with Gasteiger partial charge in [-0.15, -0.1) is 10.2 Å². The van der Waals surface area contributed by atoms with Crippen LogP contribution in [0.15, 0.2) is 58.4 Å². The molecule has 1 atom stereocenters. The lowest BCUT2D eigenvalue weighted by molar-refractivity contribution is -0.120. The van der Waals surface area contributed by atoms with Crippen LogP contribution in [0.1, 0.15) is 32.2 Å². The van der Waals surface area contributed by atoms with Crippen molar-refractivity contribution in [1.29, 1.82) is 0 Å². The summed E-state index contributed by atoms with van der Waals surface area (Å²) < 4.78 is 27.8. The van der Waals surface area contributed by atoms with Crippen LogP contribution in [0.3, 0.4) is 0 Å². The van der Waals surface area contributed by atoms with Crippen LogP contribution in [0.25, 0.3) is 11.4 Å². The molecule has 0 saturated heterocycles. The molecule has 1 aromatic heterocycles. The average Bonchev–Trinajstić information content (AvgIpc) is 3.47. The molecule has 0 fully saturated rings. The van der Waals surface area contributed by atoms with Gasteiger partial charge in [-0.05, 0) is 60.5 Å². The number of carbonyl (C=O) groups excluding carboxylic acids is 1. The molecule has 2 aromatic carbocycles. The molecule has 0 spiro atoms. The number of amides is 1. The zero-order valence-electron chi connectivity index (χ0n) is 17.8. The van der Waals surface area contributed by atoms with Gasteiger partial charge in [0.2, 0.25) is 5.82 Å². The van der Waals surface area contributed by atoms with E-state index in [-0.39, 0.29) is 10.8 Å². The maximum atomic E-state index is 12.9. The first-order valence-electron chi connectivity index (χ1n) is 10.4. The first-order chi connectivity index (χ1) is 15.9. The Hall–Kier alpha value is -3.31. The first-order valence-corrected chi connectivity index (χ1v) is 12.2. The summed E-state index contributed by atoms with van der Waals surface area (Å²) in [5.41, 5.74) is 1.06. The van der Waals surface area contributed by atoms with Crippen molar-refractivity contribution in [3.63, 3.8) is 0 Å². The van der Waals surface area contributed by atoms with Gasteiger partial charge in [-0.25, -0.2) is 8.42 Å². The summed E-state index contributed by atoms with van der Waals surface area (Å²) in [5, 5.41) is 15.7. The van der Waals surface area contributed by atoms with Gasteiger partial charge in [-0.2, -0.15) is 4.80 Å². The molecule has 10 nitrogen and oxygen atoms in total. The topological polar surface area (TPSA) is 131 Å². The molecule has 0 bridgehead atoms. The van der Waals surface area contributed by atoms with Crippen LogP contribution in [0.2, 0.25) is 5.02 Å². The number of tetrazole rings is 1. The number of nitrogens with one attached hydrogen (secondary N) is 2. The zero-order chi connectivity index (χ0) is 23.4. The van der Waals surface area contributed by atoms with E-state index in [1.54, 1.807) is 36.4 Å². The zero-order valence-corrected chi connectivity index (χ0v) is 19.3. The summed E-state index contributed by atoms with van der Waals surface area (Å²) in [5.74, 6) is 0.427. The van der Waals surface area contributed by atoms with Crippen molar-refractivity contribution >= 4 is 39.1 Å². The Labute approximate surface area is 196 Å². The van der Waals surface area contributed by atoms with Crippen molar-refractivity contribution in [2.75, 3.05) is 11.9 Å². The number of aromatic nitrogens is 4. The minimum Gasteiger partial charge on any atom is -0.324 e. The molecule has 2 heterocycles. The molecule has 1 aliphatic rings. The maximum absolute atomic E-state index is 12.9. The second-order valence-electron chi connectivity index (χ2n) is 7.42. The average molecular weight is 488 g/mol. The molecule has 2 N–H and O–H groups in total. The molecular formula is C21H22ClN7O3S. The Bertz CT molecular complexity index is 1290. The minimum atomic E-state index is -3.79. The Balaban J connectivity index is 1.49. The molecule has 0 radical (unpaired) electrons. The predicted octanol–water partition coefficient (Wildman–Crippen LogP) is 3.05. The first kappa shape index (κ1) is 22.9. The van der Waals surface area contributed by atoms with Crippen LogP contribution in [0, 0.1) is 0 Å². The molecule has 0 saturated carbocycles. The lowest BCUT2D eigenvalue weighted by atomic mass is 10.2. The van der Waals surface area contributed by atoms with E-state index in [9.17, 15) is 13.2 Å². The van der Waals surface area contributed by atoms with Gasteiger partial charge in [-0.3, -0.25) is 14.5 Å². The molecule has 4 rings (SSSR count). The van der Waals surface area contributed by atoms with Gasteiger partial charge in [0.25, 0.3) is 15.9 Å². The summed E-state index contributed by atoms with van der Waals surface area (Å²) in [6.07, 6.45) is 1.82. The van der Waals surface area contributed by atoms with Crippen molar-refractivity contribution in [2.24, 2.45) is 4.99 Å². The van der Waals surface area contributed by atoms with Crippen molar-refractivity contribution < 1.29 is 13.2 Å². The largest absolute Gasteiger partial charge is 0.324 e. The van der Waals surface area contributed by atoms with E-state index >= 15 is 0 Å². The van der Waals surface area contributed by atoms with Gasteiger partial charge in [-0.1, -0.05) is 24.6 Å². The quantitative estimate of drug-likeness (QED) is 0.526. The number of carbonyl (C=O) groups is 1. The van der Waals surface area contributed by atoms with Crippen LogP contribution in [-0.4, -0.2) is 46.9 Å². The third kappa shape index (κ3) is 5.37. The second-order valence-corrected chi connectivity index (χ2v) is 9.54. The van der Waals surface area contributed by atoms with Crippen LogP contribution < -0.4 is 10.0 Å². The molecule has 3 aromatic rings. The summed E-state index contributed by atoms with van der Waals surface area (Å²) >= 11 is 5.92. The molecule has 172 valence electrons. The Morgan fingerprint density at radius 3 is 2.70 bits per heavy atom. The highest BCUT2D eigenvalue weighted by molar-refractivity contribution is 7.90. The lowest BCUT2D eigenvalue weighted by Gasteiger charge is -2.14. The van der Waals surface area contributed by atoms with Crippen molar-refractivity contribution in [1.82, 2.24) is 24.9 Å². The predicted molar refractivity (Wildman–Crippen MR) is 125 cm³/mol. The van der Waals surface area contributed by atoms with Gasteiger partial charge in [0.15, 0.2) is 6.04 Å². The van der Waals surface area contributed by atoms with E-state index in [1.807, 2.05) is 6.92 Å². The third-order valence-corrected chi connectivity index (χ3v) is 6.67. The molecule has 0 unspecified atom stereocenters. The highest BCUT2D eigenvalue weighted by atomic mass is 35.5. The fourth-order valence-electron chi connectivity index (χ4n) is 3.33. The van der Waals surface area contributed by atoms with E-state index in [4.69, 9.17) is 11.6 Å². The van der Waals surface area contributed by atoms with E-state index < -0.39 is 16.1 Å². The molecule has 1 amide bonds. The van der Waals surface area contributed by atoms with E-state index in [1.165, 1.54) is 16.9 Å². The lowest BCUT2D eigenvalue weighted by Crippen LogP contribution is -2.29. The summed E-state index contributed by atoms with van der Waals surface area (Å²) in [6, 6.07) is 12.3. The summed E-state index contributed by atoms with van der Waals surface area (Å²) in [7, 11) is -3.79. The van der Waals surface area contributed by atoms with Gasteiger partial charge in [0.1, 0.15) is 5.84 Å². The summed E-state index contributed by atoms with van der Waals surface area (Å²) in [6.45, 7) is 2.44. The van der Waals surface area contributed by atoms with Gasteiger partial charge in [0, 0.05) is 29.2 Å².